The van der Waals surface area contributed by atoms with Gasteiger partial charge in [-0.3, -0.25) is 4.79 Å². The van der Waals surface area contributed by atoms with E-state index in [1.807, 2.05) is 6.92 Å². The van der Waals surface area contributed by atoms with Crippen molar-refractivity contribution in [1.29, 1.82) is 0 Å². The number of H-pyrrole nitrogens is 1. The summed E-state index contributed by atoms with van der Waals surface area (Å²) in [4.78, 5) is 27.8. The van der Waals surface area contributed by atoms with E-state index < -0.39 is 21.9 Å². The highest BCUT2D eigenvalue weighted by Crippen LogP contribution is 2.24. The van der Waals surface area contributed by atoms with Gasteiger partial charge in [0.15, 0.2) is 0 Å². The van der Waals surface area contributed by atoms with Crippen LogP contribution in [0.3, 0.4) is 0 Å². The number of carbonyl (C=O) groups is 2. The van der Waals surface area contributed by atoms with Crippen molar-refractivity contribution in [3.63, 3.8) is 0 Å². The summed E-state index contributed by atoms with van der Waals surface area (Å²) >= 11 is 0. The van der Waals surface area contributed by atoms with Crippen LogP contribution in [0.5, 0.6) is 0 Å². The van der Waals surface area contributed by atoms with Crippen LogP contribution in [0.15, 0.2) is 29.2 Å². The molecular formula is C19H23N3O5S. The van der Waals surface area contributed by atoms with Crippen molar-refractivity contribution in [3.8, 4) is 0 Å². The minimum atomic E-state index is -3.62. The van der Waals surface area contributed by atoms with Crippen molar-refractivity contribution in [2.24, 2.45) is 0 Å². The minimum Gasteiger partial charge on any atom is -0.465 e. The Morgan fingerprint density at radius 3 is 2.61 bits per heavy atom. The zero-order valence-corrected chi connectivity index (χ0v) is 16.8. The molecule has 0 saturated heterocycles. The lowest BCUT2D eigenvalue weighted by molar-refractivity contribution is 0.0599. The van der Waals surface area contributed by atoms with Gasteiger partial charge in [0.1, 0.15) is 5.69 Å². The first-order valence-corrected chi connectivity index (χ1v) is 10.5. The van der Waals surface area contributed by atoms with Crippen LogP contribution in [-0.4, -0.2) is 38.4 Å². The summed E-state index contributed by atoms with van der Waals surface area (Å²) < 4.78 is 32.1. The fraction of sp³-hybridized carbons (Fsp3) is 0.368. The van der Waals surface area contributed by atoms with Crippen LogP contribution in [0.2, 0.25) is 0 Å². The lowest BCUT2D eigenvalue weighted by atomic mass is 10.1. The summed E-state index contributed by atoms with van der Waals surface area (Å²) in [5.74, 6) is -0.976. The summed E-state index contributed by atoms with van der Waals surface area (Å²) in [7, 11) is -2.33. The van der Waals surface area contributed by atoms with Crippen molar-refractivity contribution >= 4 is 27.6 Å². The van der Waals surface area contributed by atoms with Gasteiger partial charge in [-0.2, -0.15) is 0 Å². The SMILES string of the molecule is CCc1[nH]c(C(=O)Nc2cccc(S(=O)(=O)NC3CC3)c2)c(C)c1C(=O)OC. The Morgan fingerprint density at radius 1 is 1.29 bits per heavy atom. The topological polar surface area (TPSA) is 117 Å². The Bertz CT molecular complexity index is 1020. The van der Waals surface area contributed by atoms with Crippen LogP contribution >= 0.6 is 0 Å². The largest absolute Gasteiger partial charge is 0.465 e. The second-order valence-corrected chi connectivity index (χ2v) is 8.42. The number of nitrogens with one attached hydrogen (secondary N) is 3. The number of ether oxygens (including phenoxy) is 1. The fourth-order valence-corrected chi connectivity index (χ4v) is 4.30. The quantitative estimate of drug-likeness (QED) is 0.611. The molecule has 1 aromatic heterocycles. The van der Waals surface area contributed by atoms with Crippen molar-refractivity contribution in [1.82, 2.24) is 9.71 Å². The van der Waals surface area contributed by atoms with Gasteiger partial charge in [-0.15, -0.1) is 0 Å². The van der Waals surface area contributed by atoms with Crippen molar-refractivity contribution in [3.05, 3.63) is 46.8 Å². The van der Waals surface area contributed by atoms with E-state index in [2.05, 4.69) is 15.0 Å². The number of rotatable bonds is 7. The summed E-state index contributed by atoms with van der Waals surface area (Å²) in [5, 5.41) is 2.69. The Balaban J connectivity index is 1.85. The molecule has 1 heterocycles. The number of amides is 1. The van der Waals surface area contributed by atoms with E-state index in [9.17, 15) is 18.0 Å². The molecule has 28 heavy (non-hydrogen) atoms. The molecular weight excluding hydrogens is 382 g/mol. The zero-order chi connectivity index (χ0) is 20.5. The van der Waals surface area contributed by atoms with Crippen LogP contribution in [0, 0.1) is 6.92 Å². The maximum Gasteiger partial charge on any atom is 0.339 e. The molecule has 150 valence electrons. The number of aryl methyl sites for hydroxylation is 1. The number of benzene rings is 1. The molecule has 0 radical (unpaired) electrons. The maximum atomic E-state index is 12.7. The lowest BCUT2D eigenvalue weighted by Gasteiger charge is -2.09. The molecule has 1 aromatic carbocycles. The van der Waals surface area contributed by atoms with E-state index in [0.717, 1.165) is 12.8 Å². The minimum absolute atomic E-state index is 0.00553. The molecule has 3 rings (SSSR count). The van der Waals surface area contributed by atoms with E-state index in [4.69, 9.17) is 4.74 Å². The highest BCUT2D eigenvalue weighted by Gasteiger charge is 2.28. The number of sulfonamides is 1. The van der Waals surface area contributed by atoms with Crippen LogP contribution in [0.25, 0.3) is 0 Å². The zero-order valence-electron chi connectivity index (χ0n) is 16.0. The molecule has 2 aromatic rings. The van der Waals surface area contributed by atoms with Crippen molar-refractivity contribution < 1.29 is 22.7 Å². The van der Waals surface area contributed by atoms with Gasteiger partial charge < -0.3 is 15.0 Å². The highest BCUT2D eigenvalue weighted by atomic mass is 32.2. The molecule has 0 bridgehead atoms. The van der Waals surface area contributed by atoms with Gasteiger partial charge in [-0.05, 0) is 49.9 Å². The van der Waals surface area contributed by atoms with E-state index in [1.165, 1.54) is 19.2 Å². The van der Waals surface area contributed by atoms with Crippen LogP contribution in [0.4, 0.5) is 5.69 Å². The number of hydrogen-bond acceptors (Lipinski definition) is 5. The first kappa shape index (κ1) is 20.1. The van der Waals surface area contributed by atoms with E-state index in [-0.39, 0.29) is 16.6 Å². The van der Waals surface area contributed by atoms with Crippen LogP contribution < -0.4 is 10.0 Å². The van der Waals surface area contributed by atoms with Gasteiger partial charge in [0.05, 0.1) is 17.6 Å². The molecule has 1 fully saturated rings. The number of carbonyl (C=O) groups excluding carboxylic acids is 2. The Morgan fingerprint density at radius 2 is 2.00 bits per heavy atom. The predicted octanol–water partition coefficient (Wildman–Crippen LogP) is 2.37. The summed E-state index contributed by atoms with van der Waals surface area (Å²) in [6.07, 6.45) is 2.20. The number of methoxy groups -OCH3 is 1. The molecule has 1 amide bonds. The van der Waals surface area contributed by atoms with Crippen LogP contribution in [-0.2, 0) is 21.2 Å². The van der Waals surface area contributed by atoms with Gasteiger partial charge in [0.2, 0.25) is 10.0 Å². The molecule has 0 spiro atoms. The molecule has 3 N–H and O–H groups in total. The van der Waals surface area contributed by atoms with Gasteiger partial charge in [0.25, 0.3) is 5.91 Å². The number of aromatic amines is 1. The first-order chi connectivity index (χ1) is 13.3. The molecule has 9 heteroatoms. The Labute approximate surface area is 163 Å². The second-order valence-electron chi connectivity index (χ2n) is 6.70. The Kier molecular flexibility index (Phi) is 5.57. The van der Waals surface area contributed by atoms with E-state index in [0.29, 0.717) is 28.9 Å². The van der Waals surface area contributed by atoms with Crippen molar-refractivity contribution in [2.75, 3.05) is 12.4 Å². The average molecular weight is 405 g/mol. The summed E-state index contributed by atoms with van der Waals surface area (Å²) in [6.45, 7) is 3.53. The van der Waals surface area contributed by atoms with Gasteiger partial charge in [0, 0.05) is 17.4 Å². The predicted molar refractivity (Wildman–Crippen MR) is 104 cm³/mol. The van der Waals surface area contributed by atoms with Crippen LogP contribution in [0.1, 0.15) is 51.9 Å². The van der Waals surface area contributed by atoms with Gasteiger partial charge in [-0.25, -0.2) is 17.9 Å². The molecule has 1 aliphatic carbocycles. The molecule has 8 nitrogen and oxygen atoms in total. The molecule has 0 aliphatic heterocycles. The molecule has 0 unspecified atom stereocenters. The lowest BCUT2D eigenvalue weighted by Crippen LogP contribution is -2.25. The summed E-state index contributed by atoms with van der Waals surface area (Å²) in [6, 6.07) is 6.05. The second kappa shape index (κ2) is 7.76. The van der Waals surface area contributed by atoms with E-state index in [1.54, 1.807) is 19.1 Å². The standard InChI is InChI=1S/C19H23N3O5S/c1-4-15-16(19(24)27-3)11(2)17(21-15)18(23)20-13-6-5-7-14(10-13)28(25,26)22-12-8-9-12/h5-7,10,12,21-22H,4,8-9H2,1-3H3,(H,20,23). The molecule has 1 saturated carbocycles. The molecule has 0 atom stereocenters. The normalized spacial score (nSPS) is 14.0. The average Bonchev–Trinajstić information content (AvgIpc) is 3.40. The third-order valence-electron chi connectivity index (χ3n) is 4.60. The number of hydrogen-bond donors (Lipinski definition) is 3. The smallest absolute Gasteiger partial charge is 0.339 e. The summed E-state index contributed by atoms with van der Waals surface area (Å²) in [5.41, 5.74) is 2.02. The maximum absolute atomic E-state index is 12.7. The highest BCUT2D eigenvalue weighted by molar-refractivity contribution is 7.89. The monoisotopic (exact) mass is 405 g/mol. The number of aromatic nitrogens is 1. The Hall–Kier alpha value is -2.65. The fourth-order valence-electron chi connectivity index (χ4n) is 2.95. The first-order valence-electron chi connectivity index (χ1n) is 9.00. The van der Waals surface area contributed by atoms with E-state index >= 15 is 0 Å². The van der Waals surface area contributed by atoms with Gasteiger partial charge in [-0.1, -0.05) is 13.0 Å². The number of anilines is 1. The van der Waals surface area contributed by atoms with Crippen molar-refractivity contribution in [2.45, 2.75) is 44.0 Å². The third-order valence-corrected chi connectivity index (χ3v) is 6.12. The number of esters is 1. The van der Waals surface area contributed by atoms with Gasteiger partial charge >= 0.3 is 5.97 Å². The third kappa shape index (κ3) is 4.10. The molecule has 1 aliphatic rings.